The maximum Gasteiger partial charge on any atom is 0.158 e. The molecule has 2 aromatic rings. The lowest BCUT2D eigenvalue weighted by molar-refractivity contribution is 0.394. The van der Waals surface area contributed by atoms with Crippen molar-refractivity contribution in [3.63, 3.8) is 0 Å². The topological polar surface area (TPSA) is 83.3 Å². The molecule has 1 saturated heterocycles. The number of hydrogen-bond donors (Lipinski definition) is 1. The van der Waals surface area contributed by atoms with E-state index in [0.717, 1.165) is 43.2 Å². The van der Waals surface area contributed by atoms with Gasteiger partial charge >= 0.3 is 0 Å². The average molecular weight is 339 g/mol. The number of nitrogens with zero attached hydrogens (tertiary/aromatic N) is 4. The Morgan fingerprint density at radius 3 is 2.56 bits per heavy atom. The molecule has 3 rings (SSSR count). The van der Waals surface area contributed by atoms with Crippen molar-refractivity contribution >= 4 is 11.5 Å². The molecule has 0 amide bonds. The molecule has 1 aromatic heterocycles. The van der Waals surface area contributed by atoms with Crippen LogP contribution < -0.4 is 19.7 Å². The van der Waals surface area contributed by atoms with Crippen molar-refractivity contribution in [1.82, 2.24) is 9.97 Å². The summed E-state index contributed by atoms with van der Waals surface area (Å²) in [5.41, 5.74) is 1.43. The number of nitriles is 1. The molecule has 1 atom stereocenters. The molecule has 0 spiro atoms. The molecule has 1 aliphatic heterocycles. The average Bonchev–Trinajstić information content (AvgIpc) is 3.15. The molecule has 130 valence electrons. The van der Waals surface area contributed by atoms with Crippen molar-refractivity contribution in [1.29, 1.82) is 5.26 Å². The molecular weight excluding hydrogens is 318 g/mol. The van der Waals surface area contributed by atoms with E-state index in [2.05, 4.69) is 20.2 Å². The number of anilines is 2. The lowest BCUT2D eigenvalue weighted by Crippen LogP contribution is -2.22. The van der Waals surface area contributed by atoms with Gasteiger partial charge in [-0.1, -0.05) is 0 Å². The van der Waals surface area contributed by atoms with Gasteiger partial charge in [-0.15, -0.1) is 0 Å². The van der Waals surface area contributed by atoms with Crippen LogP contribution in [0.1, 0.15) is 12.1 Å². The second-order valence-electron chi connectivity index (χ2n) is 5.95. The molecular formula is C18H21N5O2. The highest BCUT2D eigenvalue weighted by Gasteiger charge is 2.23. The molecule has 1 aliphatic rings. The van der Waals surface area contributed by atoms with Gasteiger partial charge in [0.1, 0.15) is 23.4 Å². The summed E-state index contributed by atoms with van der Waals surface area (Å²) in [5, 5.41) is 12.0. The van der Waals surface area contributed by atoms with Crippen molar-refractivity contribution in [2.24, 2.45) is 5.92 Å². The fraction of sp³-hybridized carbons (Fsp3) is 0.389. The predicted molar refractivity (Wildman–Crippen MR) is 95.1 cm³/mol. The normalized spacial score (nSPS) is 16.4. The van der Waals surface area contributed by atoms with E-state index < -0.39 is 0 Å². The summed E-state index contributed by atoms with van der Waals surface area (Å²) < 4.78 is 10.7. The van der Waals surface area contributed by atoms with Crippen LogP contribution >= 0.6 is 0 Å². The van der Waals surface area contributed by atoms with Crippen molar-refractivity contribution in [2.75, 3.05) is 44.1 Å². The molecule has 1 N–H and O–H groups in total. The smallest absolute Gasteiger partial charge is 0.158 e. The zero-order valence-corrected chi connectivity index (χ0v) is 14.4. The summed E-state index contributed by atoms with van der Waals surface area (Å²) in [7, 11) is 3.32. The van der Waals surface area contributed by atoms with Crippen LogP contribution in [0.3, 0.4) is 0 Å². The Morgan fingerprint density at radius 1 is 1.20 bits per heavy atom. The predicted octanol–water partition coefficient (Wildman–Crippen LogP) is 2.30. The van der Waals surface area contributed by atoms with Crippen molar-refractivity contribution in [3.05, 3.63) is 36.3 Å². The Morgan fingerprint density at radius 2 is 1.96 bits per heavy atom. The van der Waals surface area contributed by atoms with Crippen LogP contribution in [0, 0.1) is 17.2 Å². The molecule has 1 aromatic carbocycles. The van der Waals surface area contributed by atoms with Crippen LogP contribution in [0.15, 0.2) is 30.6 Å². The molecule has 25 heavy (non-hydrogen) atoms. The highest BCUT2D eigenvalue weighted by atomic mass is 16.5. The van der Waals surface area contributed by atoms with E-state index in [1.54, 1.807) is 20.4 Å². The van der Waals surface area contributed by atoms with Gasteiger partial charge in [-0.2, -0.15) is 5.26 Å². The van der Waals surface area contributed by atoms with E-state index >= 15 is 0 Å². The Hall–Kier alpha value is -3.01. The minimum atomic E-state index is 0.324. The van der Waals surface area contributed by atoms with Crippen molar-refractivity contribution in [3.8, 4) is 17.6 Å². The first-order chi connectivity index (χ1) is 12.2. The number of aromatic nitrogens is 2. The quantitative estimate of drug-likeness (QED) is 0.864. The van der Waals surface area contributed by atoms with Crippen LogP contribution in [0.2, 0.25) is 0 Å². The molecule has 0 radical (unpaired) electrons. The maximum atomic E-state index is 8.75. The first kappa shape index (κ1) is 16.8. The highest BCUT2D eigenvalue weighted by Crippen LogP contribution is 2.31. The van der Waals surface area contributed by atoms with Gasteiger partial charge in [0, 0.05) is 43.5 Å². The number of ether oxygens (including phenoxy) is 2. The molecule has 7 nitrogen and oxygen atoms in total. The third-order valence-corrected chi connectivity index (χ3v) is 4.33. The standard InChI is InChI=1S/C18H21N5O2/c1-24-16-5-15(6-17(7-16)25-2)23-4-3-13(12-23)9-21-18-11-20-14(8-19)10-22-18/h5-7,10-11,13H,3-4,9,12H2,1-2H3,(H,21,22). The fourth-order valence-electron chi connectivity index (χ4n) is 2.93. The van der Waals surface area contributed by atoms with Gasteiger partial charge in [0.05, 0.1) is 26.6 Å². The van der Waals surface area contributed by atoms with E-state index in [9.17, 15) is 0 Å². The third-order valence-electron chi connectivity index (χ3n) is 4.33. The lowest BCUT2D eigenvalue weighted by atomic mass is 10.1. The van der Waals surface area contributed by atoms with E-state index in [1.807, 2.05) is 24.3 Å². The summed E-state index contributed by atoms with van der Waals surface area (Å²) >= 11 is 0. The van der Waals surface area contributed by atoms with Gasteiger partial charge in [-0.3, -0.25) is 0 Å². The van der Waals surface area contributed by atoms with Crippen molar-refractivity contribution in [2.45, 2.75) is 6.42 Å². The Balaban J connectivity index is 1.59. The number of methoxy groups -OCH3 is 2. The summed E-state index contributed by atoms with van der Waals surface area (Å²) in [6.45, 7) is 2.76. The minimum absolute atomic E-state index is 0.324. The third kappa shape index (κ3) is 4.10. The lowest BCUT2D eigenvalue weighted by Gasteiger charge is -2.20. The summed E-state index contributed by atoms with van der Waals surface area (Å²) in [5.74, 6) is 2.79. The SMILES string of the molecule is COc1cc(OC)cc(N2CCC(CNc3cnc(C#N)cn3)C2)c1. The number of nitrogens with one attached hydrogen (secondary N) is 1. The van der Waals surface area contributed by atoms with Gasteiger partial charge in [0.2, 0.25) is 0 Å². The van der Waals surface area contributed by atoms with Crippen LogP contribution in [-0.4, -0.2) is 43.8 Å². The molecule has 1 unspecified atom stereocenters. The molecule has 7 heteroatoms. The Labute approximate surface area is 147 Å². The van der Waals surface area contributed by atoms with E-state index in [4.69, 9.17) is 14.7 Å². The second kappa shape index (κ2) is 7.71. The van der Waals surface area contributed by atoms with Gasteiger partial charge in [-0.05, 0) is 12.3 Å². The number of rotatable bonds is 6. The highest BCUT2D eigenvalue weighted by molar-refractivity contribution is 5.56. The zero-order valence-electron chi connectivity index (χ0n) is 14.4. The molecule has 1 fully saturated rings. The first-order valence-electron chi connectivity index (χ1n) is 8.16. The van der Waals surface area contributed by atoms with Gasteiger partial charge < -0.3 is 19.7 Å². The van der Waals surface area contributed by atoms with E-state index in [0.29, 0.717) is 17.4 Å². The molecule has 0 bridgehead atoms. The first-order valence-corrected chi connectivity index (χ1v) is 8.16. The van der Waals surface area contributed by atoms with E-state index in [-0.39, 0.29) is 0 Å². The van der Waals surface area contributed by atoms with Crippen LogP contribution in [0.4, 0.5) is 11.5 Å². The molecule has 0 aliphatic carbocycles. The van der Waals surface area contributed by atoms with Crippen LogP contribution in [-0.2, 0) is 0 Å². The van der Waals surface area contributed by atoms with E-state index in [1.165, 1.54) is 6.20 Å². The number of hydrogen-bond acceptors (Lipinski definition) is 7. The summed E-state index contributed by atoms with van der Waals surface area (Å²) in [4.78, 5) is 10.5. The Bertz CT molecular complexity index is 735. The van der Waals surface area contributed by atoms with Gasteiger partial charge in [-0.25, -0.2) is 9.97 Å². The molecule has 0 saturated carbocycles. The molecule has 2 heterocycles. The van der Waals surface area contributed by atoms with Gasteiger partial charge in [0.25, 0.3) is 0 Å². The van der Waals surface area contributed by atoms with Crippen molar-refractivity contribution < 1.29 is 9.47 Å². The number of benzene rings is 1. The summed E-state index contributed by atoms with van der Waals surface area (Å²) in [6, 6.07) is 7.91. The second-order valence-corrected chi connectivity index (χ2v) is 5.95. The minimum Gasteiger partial charge on any atom is -0.497 e. The van der Waals surface area contributed by atoms with Crippen LogP contribution in [0.5, 0.6) is 11.5 Å². The Kier molecular flexibility index (Phi) is 5.19. The zero-order chi connectivity index (χ0) is 17.6. The largest absolute Gasteiger partial charge is 0.497 e. The maximum absolute atomic E-state index is 8.75. The van der Waals surface area contributed by atoms with Gasteiger partial charge in [0.15, 0.2) is 5.69 Å². The monoisotopic (exact) mass is 339 g/mol. The van der Waals surface area contributed by atoms with Crippen LogP contribution in [0.25, 0.3) is 0 Å². The fourth-order valence-corrected chi connectivity index (χ4v) is 2.93. The summed E-state index contributed by atoms with van der Waals surface area (Å²) in [6.07, 6.45) is 4.17.